The average molecular weight is 303 g/mol. The summed E-state index contributed by atoms with van der Waals surface area (Å²) in [6.07, 6.45) is 0. The van der Waals surface area contributed by atoms with Gasteiger partial charge < -0.3 is 5.11 Å². The summed E-state index contributed by atoms with van der Waals surface area (Å²) >= 11 is 5.92. The number of rotatable bonds is 2. The van der Waals surface area contributed by atoms with Crippen molar-refractivity contribution in [2.75, 3.05) is 0 Å². The second kappa shape index (κ2) is 5.43. The summed E-state index contributed by atoms with van der Waals surface area (Å²) in [7, 11) is 0. The highest BCUT2D eigenvalue weighted by molar-refractivity contribution is 6.30. The van der Waals surface area contributed by atoms with Crippen molar-refractivity contribution < 1.29 is 9.90 Å². The molecular formula is C15H11ClN2O3. The lowest BCUT2D eigenvalue weighted by atomic mass is 10.1. The minimum atomic E-state index is -1.13. The van der Waals surface area contributed by atoms with Crippen molar-refractivity contribution in [2.45, 2.75) is 13.8 Å². The molecule has 0 atom stereocenters. The van der Waals surface area contributed by atoms with E-state index in [-0.39, 0.29) is 22.5 Å². The van der Waals surface area contributed by atoms with Crippen LogP contribution in [0, 0.1) is 25.2 Å². The van der Waals surface area contributed by atoms with Crippen LogP contribution in [0.15, 0.2) is 29.1 Å². The molecule has 1 heterocycles. The van der Waals surface area contributed by atoms with Gasteiger partial charge in [-0.15, -0.1) is 0 Å². The maximum Gasteiger partial charge on any atom is 0.337 e. The second-order valence-corrected chi connectivity index (χ2v) is 4.98. The van der Waals surface area contributed by atoms with Crippen molar-refractivity contribution in [1.29, 1.82) is 5.26 Å². The van der Waals surface area contributed by atoms with E-state index in [0.717, 1.165) is 0 Å². The molecule has 0 aliphatic heterocycles. The molecule has 0 unspecified atom stereocenters. The van der Waals surface area contributed by atoms with E-state index in [2.05, 4.69) is 0 Å². The maximum atomic E-state index is 12.2. The zero-order chi connectivity index (χ0) is 15.7. The number of carboxylic acids is 1. The number of nitrogens with zero attached hydrogens (tertiary/aromatic N) is 2. The van der Waals surface area contributed by atoms with Gasteiger partial charge in [-0.2, -0.15) is 5.26 Å². The molecule has 2 aromatic rings. The van der Waals surface area contributed by atoms with Gasteiger partial charge in [0.25, 0.3) is 5.56 Å². The number of hydrogen-bond donors (Lipinski definition) is 1. The van der Waals surface area contributed by atoms with Gasteiger partial charge >= 0.3 is 5.97 Å². The largest absolute Gasteiger partial charge is 0.478 e. The van der Waals surface area contributed by atoms with E-state index in [1.54, 1.807) is 6.92 Å². The zero-order valence-electron chi connectivity index (χ0n) is 11.3. The van der Waals surface area contributed by atoms with Gasteiger partial charge in [0.2, 0.25) is 0 Å². The van der Waals surface area contributed by atoms with Crippen molar-refractivity contribution in [3.8, 4) is 11.8 Å². The monoisotopic (exact) mass is 302 g/mol. The van der Waals surface area contributed by atoms with E-state index >= 15 is 0 Å². The highest BCUT2D eigenvalue weighted by atomic mass is 35.5. The maximum absolute atomic E-state index is 12.2. The molecular weight excluding hydrogens is 292 g/mol. The van der Waals surface area contributed by atoms with Crippen LogP contribution >= 0.6 is 11.6 Å². The molecule has 21 heavy (non-hydrogen) atoms. The highest BCUT2D eigenvalue weighted by Gasteiger charge is 2.18. The SMILES string of the molecule is Cc1cc(=O)n(-c2cc(Cl)ccc2C#N)c(C)c1C(=O)O. The van der Waals surface area contributed by atoms with Crippen LogP contribution in [0.3, 0.4) is 0 Å². The van der Waals surface area contributed by atoms with Crippen LogP contribution in [-0.4, -0.2) is 15.6 Å². The number of pyridine rings is 1. The standard InChI is InChI=1S/C15H11ClN2O3/c1-8-5-13(19)18(9(2)14(8)15(20)21)12-6-11(16)4-3-10(12)7-17/h3-6H,1-2H3,(H,20,21). The minimum Gasteiger partial charge on any atom is -0.478 e. The number of hydrogen-bond acceptors (Lipinski definition) is 3. The number of aromatic nitrogens is 1. The van der Waals surface area contributed by atoms with E-state index in [9.17, 15) is 14.7 Å². The summed E-state index contributed by atoms with van der Waals surface area (Å²) in [5.74, 6) is -1.13. The summed E-state index contributed by atoms with van der Waals surface area (Å²) in [6, 6.07) is 7.70. The third kappa shape index (κ3) is 2.54. The molecule has 0 saturated heterocycles. The van der Waals surface area contributed by atoms with Crippen LogP contribution in [0.1, 0.15) is 27.2 Å². The van der Waals surface area contributed by atoms with Crippen LogP contribution in [0.4, 0.5) is 0 Å². The first kappa shape index (κ1) is 14.8. The van der Waals surface area contributed by atoms with Gasteiger partial charge in [-0.25, -0.2) is 4.79 Å². The molecule has 1 aromatic heterocycles. The fraction of sp³-hybridized carbons (Fsp3) is 0.133. The van der Waals surface area contributed by atoms with E-state index in [0.29, 0.717) is 10.6 Å². The second-order valence-electron chi connectivity index (χ2n) is 4.54. The third-order valence-electron chi connectivity index (χ3n) is 3.19. The summed E-state index contributed by atoms with van der Waals surface area (Å²) in [5, 5.41) is 18.8. The van der Waals surface area contributed by atoms with Crippen LogP contribution in [-0.2, 0) is 0 Å². The quantitative estimate of drug-likeness (QED) is 0.924. The Labute approximate surface area is 125 Å². The van der Waals surface area contributed by atoms with Crippen LogP contribution in [0.5, 0.6) is 0 Å². The summed E-state index contributed by atoms with van der Waals surface area (Å²) < 4.78 is 1.20. The molecule has 6 heteroatoms. The minimum absolute atomic E-state index is 0.0402. The molecule has 0 fully saturated rings. The van der Waals surface area contributed by atoms with E-state index in [4.69, 9.17) is 16.9 Å². The normalized spacial score (nSPS) is 10.2. The number of aromatic carboxylic acids is 1. The van der Waals surface area contributed by atoms with Gasteiger partial charge in [-0.3, -0.25) is 9.36 Å². The fourth-order valence-electron chi connectivity index (χ4n) is 2.29. The van der Waals surface area contributed by atoms with Crippen LogP contribution in [0.25, 0.3) is 5.69 Å². The third-order valence-corrected chi connectivity index (χ3v) is 3.42. The van der Waals surface area contributed by atoms with Crippen molar-refractivity contribution in [1.82, 2.24) is 4.57 Å². The van der Waals surface area contributed by atoms with Crippen LogP contribution < -0.4 is 5.56 Å². The fourth-order valence-corrected chi connectivity index (χ4v) is 2.46. The number of halogens is 1. The molecule has 0 bridgehead atoms. The Morgan fingerprint density at radius 1 is 1.33 bits per heavy atom. The molecule has 2 rings (SSSR count). The van der Waals surface area contributed by atoms with Crippen molar-refractivity contribution in [3.05, 3.63) is 62.0 Å². The lowest BCUT2D eigenvalue weighted by Crippen LogP contribution is -2.24. The Morgan fingerprint density at radius 2 is 2.00 bits per heavy atom. The highest BCUT2D eigenvalue weighted by Crippen LogP contribution is 2.22. The molecule has 0 saturated carbocycles. The predicted molar refractivity (Wildman–Crippen MR) is 78.2 cm³/mol. The summed E-state index contributed by atoms with van der Waals surface area (Å²) in [5.41, 5.74) is 0.778. The smallest absolute Gasteiger partial charge is 0.337 e. The number of benzene rings is 1. The van der Waals surface area contributed by atoms with Gasteiger partial charge in [-0.05, 0) is 37.6 Å². The van der Waals surface area contributed by atoms with Gasteiger partial charge in [0.15, 0.2) is 0 Å². The Balaban J connectivity index is 2.92. The first-order valence-electron chi connectivity index (χ1n) is 6.03. The number of carbonyl (C=O) groups is 1. The van der Waals surface area contributed by atoms with Gasteiger partial charge in [-0.1, -0.05) is 11.6 Å². The van der Waals surface area contributed by atoms with E-state index in [1.165, 1.54) is 35.8 Å². The van der Waals surface area contributed by atoms with Gasteiger partial charge in [0.1, 0.15) is 6.07 Å². The van der Waals surface area contributed by atoms with Crippen molar-refractivity contribution in [2.24, 2.45) is 0 Å². The molecule has 5 nitrogen and oxygen atoms in total. The van der Waals surface area contributed by atoms with E-state index in [1.807, 2.05) is 6.07 Å². The van der Waals surface area contributed by atoms with Crippen LogP contribution in [0.2, 0.25) is 5.02 Å². The van der Waals surface area contributed by atoms with Crippen molar-refractivity contribution in [3.63, 3.8) is 0 Å². The average Bonchev–Trinajstić information content (AvgIpc) is 2.37. The number of aryl methyl sites for hydroxylation is 1. The number of carboxylic acid groups (broad SMARTS) is 1. The molecule has 0 aliphatic carbocycles. The Hall–Kier alpha value is -2.58. The predicted octanol–water partition coefficient (Wildman–Crippen LogP) is 2.68. The first-order valence-corrected chi connectivity index (χ1v) is 6.41. The van der Waals surface area contributed by atoms with Gasteiger partial charge in [0, 0.05) is 16.8 Å². The zero-order valence-corrected chi connectivity index (χ0v) is 12.1. The van der Waals surface area contributed by atoms with E-state index < -0.39 is 11.5 Å². The molecule has 1 aromatic carbocycles. The molecule has 106 valence electrons. The Kier molecular flexibility index (Phi) is 3.83. The first-order chi connectivity index (χ1) is 9.86. The Bertz CT molecular complexity index is 847. The summed E-state index contributed by atoms with van der Waals surface area (Å²) in [6.45, 7) is 3.09. The molecule has 1 N–H and O–H groups in total. The molecule has 0 aliphatic rings. The molecule has 0 radical (unpaired) electrons. The lowest BCUT2D eigenvalue weighted by molar-refractivity contribution is 0.0694. The topological polar surface area (TPSA) is 83.1 Å². The van der Waals surface area contributed by atoms with Gasteiger partial charge in [0.05, 0.1) is 16.8 Å². The van der Waals surface area contributed by atoms with Crippen molar-refractivity contribution >= 4 is 17.6 Å². The summed E-state index contributed by atoms with van der Waals surface area (Å²) in [4.78, 5) is 23.6. The number of nitriles is 1. The molecule has 0 spiro atoms. The molecule has 0 amide bonds. The Morgan fingerprint density at radius 3 is 2.57 bits per heavy atom. The lowest BCUT2D eigenvalue weighted by Gasteiger charge is -2.15.